The topological polar surface area (TPSA) is 56.3 Å². The highest BCUT2D eigenvalue weighted by Crippen LogP contribution is 2.30. The van der Waals surface area contributed by atoms with Gasteiger partial charge in [0.05, 0.1) is 18.8 Å². The van der Waals surface area contributed by atoms with Crippen molar-refractivity contribution in [3.63, 3.8) is 0 Å². The van der Waals surface area contributed by atoms with Gasteiger partial charge in [-0.2, -0.15) is 5.10 Å². The SMILES string of the molecule is NSc1cnn2c1OCC(N1CCC1)C2. The van der Waals surface area contributed by atoms with Crippen molar-refractivity contribution in [1.82, 2.24) is 14.7 Å². The first-order chi connectivity index (χ1) is 7.38. The van der Waals surface area contributed by atoms with Crippen LogP contribution in [0.25, 0.3) is 0 Å². The first kappa shape index (κ1) is 9.50. The molecule has 3 rings (SSSR count). The largest absolute Gasteiger partial charge is 0.475 e. The van der Waals surface area contributed by atoms with E-state index < -0.39 is 0 Å². The molecule has 82 valence electrons. The van der Waals surface area contributed by atoms with Crippen molar-refractivity contribution in [3.8, 4) is 5.88 Å². The molecule has 0 aromatic carbocycles. The van der Waals surface area contributed by atoms with Crippen LogP contribution >= 0.6 is 11.9 Å². The average Bonchev–Trinajstić information content (AvgIpc) is 2.57. The van der Waals surface area contributed by atoms with Gasteiger partial charge in [0.25, 0.3) is 0 Å². The van der Waals surface area contributed by atoms with Gasteiger partial charge in [0.2, 0.25) is 5.88 Å². The van der Waals surface area contributed by atoms with Crippen LogP contribution in [0.15, 0.2) is 11.1 Å². The van der Waals surface area contributed by atoms with Gasteiger partial charge in [0.1, 0.15) is 11.5 Å². The molecule has 1 unspecified atom stereocenters. The third-order valence-corrected chi connectivity index (χ3v) is 3.62. The minimum Gasteiger partial charge on any atom is -0.475 e. The maximum atomic E-state index is 5.71. The Balaban J connectivity index is 1.78. The number of nitrogens with zero attached hydrogens (tertiary/aromatic N) is 3. The van der Waals surface area contributed by atoms with Crippen LogP contribution in [0.1, 0.15) is 6.42 Å². The van der Waals surface area contributed by atoms with Crippen LogP contribution in [0.4, 0.5) is 0 Å². The molecule has 1 aromatic heterocycles. The van der Waals surface area contributed by atoms with Crippen molar-refractivity contribution in [2.24, 2.45) is 5.14 Å². The molecule has 0 spiro atoms. The normalized spacial score (nSPS) is 25.5. The molecule has 15 heavy (non-hydrogen) atoms. The fourth-order valence-electron chi connectivity index (χ4n) is 2.07. The van der Waals surface area contributed by atoms with E-state index >= 15 is 0 Å². The molecule has 0 saturated carbocycles. The lowest BCUT2D eigenvalue weighted by Gasteiger charge is -2.40. The molecule has 0 aliphatic carbocycles. The summed E-state index contributed by atoms with van der Waals surface area (Å²) in [6.07, 6.45) is 3.09. The monoisotopic (exact) mass is 226 g/mol. The predicted molar refractivity (Wildman–Crippen MR) is 57.7 cm³/mol. The second-order valence-corrected chi connectivity index (χ2v) is 4.64. The Morgan fingerprint density at radius 3 is 3.07 bits per heavy atom. The molecule has 0 amide bonds. The van der Waals surface area contributed by atoms with Crippen LogP contribution in [0.2, 0.25) is 0 Å². The maximum Gasteiger partial charge on any atom is 0.227 e. The summed E-state index contributed by atoms with van der Waals surface area (Å²) in [6.45, 7) is 4.08. The van der Waals surface area contributed by atoms with Gasteiger partial charge < -0.3 is 4.74 Å². The molecule has 5 nitrogen and oxygen atoms in total. The summed E-state index contributed by atoms with van der Waals surface area (Å²) in [5.41, 5.74) is 0. The van der Waals surface area contributed by atoms with Gasteiger partial charge in [0, 0.05) is 0 Å². The number of nitrogens with two attached hydrogens (primary N) is 1. The molecule has 0 bridgehead atoms. The first-order valence-electron chi connectivity index (χ1n) is 5.18. The van der Waals surface area contributed by atoms with E-state index in [1.54, 1.807) is 6.20 Å². The Morgan fingerprint density at radius 1 is 1.53 bits per heavy atom. The number of likely N-dealkylation sites (tertiary alicyclic amines) is 1. The van der Waals surface area contributed by atoms with Gasteiger partial charge in [-0.05, 0) is 31.5 Å². The molecule has 0 radical (unpaired) electrons. The third kappa shape index (κ3) is 1.53. The van der Waals surface area contributed by atoms with Gasteiger partial charge >= 0.3 is 0 Å². The van der Waals surface area contributed by atoms with Gasteiger partial charge in [-0.25, -0.2) is 4.68 Å². The van der Waals surface area contributed by atoms with E-state index in [1.807, 2.05) is 4.68 Å². The molecular formula is C9H14N4OS. The standard InChI is InChI=1S/C9H14N4OS/c10-15-8-4-11-13-5-7(6-14-9(8)13)12-2-1-3-12/h4,7H,1-3,5-6,10H2. The van der Waals surface area contributed by atoms with Crippen LogP contribution in [0.5, 0.6) is 5.88 Å². The summed E-state index contributed by atoms with van der Waals surface area (Å²) in [5.74, 6) is 0.833. The number of hydrogen-bond acceptors (Lipinski definition) is 5. The Morgan fingerprint density at radius 2 is 2.40 bits per heavy atom. The number of aromatic nitrogens is 2. The quantitative estimate of drug-likeness (QED) is 0.736. The summed E-state index contributed by atoms with van der Waals surface area (Å²) in [5, 5.41) is 9.81. The Hall–Kier alpha value is -0.720. The van der Waals surface area contributed by atoms with E-state index in [9.17, 15) is 0 Å². The van der Waals surface area contributed by atoms with Gasteiger partial charge in [-0.15, -0.1) is 0 Å². The molecule has 6 heteroatoms. The second kappa shape index (κ2) is 3.70. The Labute approximate surface area is 92.7 Å². The highest BCUT2D eigenvalue weighted by atomic mass is 32.2. The molecule has 2 aliphatic heterocycles. The first-order valence-corrected chi connectivity index (χ1v) is 6.06. The molecule has 1 aromatic rings. The summed E-state index contributed by atoms with van der Waals surface area (Å²) in [4.78, 5) is 3.37. The predicted octanol–water partition coefficient (Wildman–Crippen LogP) is 0.316. The third-order valence-electron chi connectivity index (χ3n) is 3.09. The number of rotatable bonds is 2. The van der Waals surface area contributed by atoms with E-state index in [1.165, 1.54) is 31.5 Å². The van der Waals surface area contributed by atoms with E-state index in [2.05, 4.69) is 10.00 Å². The molecule has 1 saturated heterocycles. The molecule has 3 heterocycles. The van der Waals surface area contributed by atoms with E-state index in [0.717, 1.165) is 23.9 Å². The van der Waals surface area contributed by atoms with E-state index in [4.69, 9.17) is 9.88 Å². The molecule has 1 fully saturated rings. The summed E-state index contributed by atoms with van der Waals surface area (Å²) in [7, 11) is 0. The maximum absolute atomic E-state index is 5.71. The lowest BCUT2D eigenvalue weighted by atomic mass is 10.1. The van der Waals surface area contributed by atoms with E-state index in [0.29, 0.717) is 6.04 Å². The summed E-state index contributed by atoms with van der Waals surface area (Å²) in [6, 6.07) is 0.488. The number of ether oxygens (including phenoxy) is 1. The molecule has 1 atom stereocenters. The van der Waals surface area contributed by atoms with Crippen LogP contribution in [0, 0.1) is 0 Å². The fourth-order valence-corrected chi connectivity index (χ4v) is 2.44. The fraction of sp³-hybridized carbons (Fsp3) is 0.667. The van der Waals surface area contributed by atoms with Crippen molar-refractivity contribution >= 4 is 11.9 Å². The highest BCUT2D eigenvalue weighted by molar-refractivity contribution is 7.97. The van der Waals surface area contributed by atoms with Crippen molar-refractivity contribution < 1.29 is 4.74 Å². The minimum atomic E-state index is 0.488. The number of hydrogen-bond donors (Lipinski definition) is 1. The van der Waals surface area contributed by atoms with Crippen molar-refractivity contribution in [1.29, 1.82) is 0 Å². The average molecular weight is 226 g/mol. The highest BCUT2D eigenvalue weighted by Gasteiger charge is 2.30. The summed E-state index contributed by atoms with van der Waals surface area (Å²) >= 11 is 1.20. The molecule has 2 N–H and O–H groups in total. The Bertz CT molecular complexity index is 363. The lowest BCUT2D eigenvalue weighted by molar-refractivity contribution is 0.0418. The molecular weight excluding hydrogens is 212 g/mol. The zero-order chi connectivity index (χ0) is 10.3. The second-order valence-electron chi connectivity index (χ2n) is 3.97. The summed E-state index contributed by atoms with van der Waals surface area (Å²) < 4.78 is 7.63. The van der Waals surface area contributed by atoms with Crippen LogP contribution in [-0.2, 0) is 6.54 Å². The van der Waals surface area contributed by atoms with Crippen LogP contribution in [0.3, 0.4) is 0 Å². The van der Waals surface area contributed by atoms with Crippen molar-refractivity contribution in [2.75, 3.05) is 19.7 Å². The zero-order valence-corrected chi connectivity index (χ0v) is 9.24. The van der Waals surface area contributed by atoms with Crippen LogP contribution < -0.4 is 9.88 Å². The zero-order valence-electron chi connectivity index (χ0n) is 8.43. The van der Waals surface area contributed by atoms with Crippen molar-refractivity contribution in [3.05, 3.63) is 6.20 Å². The Kier molecular flexibility index (Phi) is 2.34. The van der Waals surface area contributed by atoms with Gasteiger partial charge in [-0.3, -0.25) is 10.0 Å². The number of fused-ring (bicyclic) bond motifs is 1. The van der Waals surface area contributed by atoms with Gasteiger partial charge in [-0.1, -0.05) is 0 Å². The van der Waals surface area contributed by atoms with E-state index in [-0.39, 0.29) is 0 Å². The molecule has 2 aliphatic rings. The lowest BCUT2D eigenvalue weighted by Crippen LogP contribution is -2.51. The smallest absolute Gasteiger partial charge is 0.227 e. The minimum absolute atomic E-state index is 0.488. The van der Waals surface area contributed by atoms with Crippen LogP contribution in [-0.4, -0.2) is 40.4 Å². The van der Waals surface area contributed by atoms with Crippen molar-refractivity contribution in [2.45, 2.75) is 23.9 Å². The van der Waals surface area contributed by atoms with Gasteiger partial charge in [0.15, 0.2) is 0 Å².